The third-order valence-corrected chi connectivity index (χ3v) is 3.11. The van der Waals surface area contributed by atoms with E-state index in [2.05, 4.69) is 10.6 Å². The normalized spacial score (nSPS) is 12.7. The van der Waals surface area contributed by atoms with Gasteiger partial charge in [-0.1, -0.05) is 18.2 Å². The van der Waals surface area contributed by atoms with E-state index in [9.17, 15) is 4.79 Å². The molecule has 2 N–H and O–H groups in total. The fourth-order valence-corrected chi connectivity index (χ4v) is 2.17. The Morgan fingerprint density at radius 3 is 2.78 bits per heavy atom. The van der Waals surface area contributed by atoms with Crippen molar-refractivity contribution >= 4 is 17.3 Å². The summed E-state index contributed by atoms with van der Waals surface area (Å²) in [7, 11) is 0. The molecule has 0 radical (unpaired) electrons. The Kier molecular flexibility index (Phi) is 2.73. The van der Waals surface area contributed by atoms with Crippen molar-refractivity contribution in [1.29, 1.82) is 0 Å². The molecule has 1 heterocycles. The Labute approximate surface area is 106 Å². The highest BCUT2D eigenvalue weighted by atomic mass is 16.1. The number of carbonyl (C=O) groups is 1. The highest BCUT2D eigenvalue weighted by Gasteiger charge is 2.13. The van der Waals surface area contributed by atoms with Crippen LogP contribution in [0.2, 0.25) is 0 Å². The quantitative estimate of drug-likeness (QED) is 0.844. The minimum atomic E-state index is -0.0594. The van der Waals surface area contributed by atoms with Crippen LogP contribution < -0.4 is 10.6 Å². The molecule has 1 amide bonds. The number of rotatable bonds is 2. The van der Waals surface area contributed by atoms with E-state index in [0.29, 0.717) is 5.56 Å². The summed E-state index contributed by atoms with van der Waals surface area (Å²) in [5.74, 6) is -0.0594. The lowest BCUT2D eigenvalue weighted by Crippen LogP contribution is -2.11. The van der Waals surface area contributed by atoms with Crippen LogP contribution in [0.5, 0.6) is 0 Å². The smallest absolute Gasteiger partial charge is 0.255 e. The van der Waals surface area contributed by atoms with Gasteiger partial charge in [0.1, 0.15) is 0 Å². The Morgan fingerprint density at radius 2 is 1.94 bits per heavy atom. The van der Waals surface area contributed by atoms with Gasteiger partial charge in [0.2, 0.25) is 0 Å². The van der Waals surface area contributed by atoms with E-state index in [1.165, 1.54) is 5.56 Å². The van der Waals surface area contributed by atoms with Gasteiger partial charge in [0.15, 0.2) is 0 Å². The molecule has 0 atom stereocenters. The second-order valence-corrected chi connectivity index (χ2v) is 4.37. The van der Waals surface area contributed by atoms with Crippen molar-refractivity contribution in [2.45, 2.75) is 6.42 Å². The number of anilines is 2. The summed E-state index contributed by atoms with van der Waals surface area (Å²) in [6.07, 6.45) is 0.988. The molecule has 3 nitrogen and oxygen atoms in total. The van der Waals surface area contributed by atoms with E-state index in [0.717, 1.165) is 24.3 Å². The van der Waals surface area contributed by atoms with Crippen molar-refractivity contribution in [1.82, 2.24) is 0 Å². The zero-order chi connectivity index (χ0) is 12.4. The molecule has 0 spiro atoms. The minimum absolute atomic E-state index is 0.0594. The molecule has 0 bridgehead atoms. The molecule has 18 heavy (non-hydrogen) atoms. The van der Waals surface area contributed by atoms with Crippen molar-refractivity contribution < 1.29 is 4.79 Å². The monoisotopic (exact) mass is 238 g/mol. The van der Waals surface area contributed by atoms with E-state index < -0.39 is 0 Å². The van der Waals surface area contributed by atoms with Crippen molar-refractivity contribution in [3.8, 4) is 0 Å². The summed E-state index contributed by atoms with van der Waals surface area (Å²) < 4.78 is 0. The summed E-state index contributed by atoms with van der Waals surface area (Å²) in [6.45, 7) is 0.957. The van der Waals surface area contributed by atoms with Crippen LogP contribution in [0.4, 0.5) is 11.4 Å². The summed E-state index contributed by atoms with van der Waals surface area (Å²) in [5.41, 5.74) is 3.89. The van der Waals surface area contributed by atoms with Gasteiger partial charge in [0, 0.05) is 23.5 Å². The van der Waals surface area contributed by atoms with E-state index in [1.54, 1.807) is 0 Å². The molecule has 2 aromatic rings. The molecule has 0 saturated carbocycles. The van der Waals surface area contributed by atoms with Gasteiger partial charge in [0.05, 0.1) is 0 Å². The molecule has 1 aliphatic rings. The number of para-hydroxylation sites is 1. The van der Waals surface area contributed by atoms with Gasteiger partial charge >= 0.3 is 0 Å². The lowest BCUT2D eigenvalue weighted by molar-refractivity contribution is 0.102. The molecule has 3 heteroatoms. The Hall–Kier alpha value is -2.29. The lowest BCUT2D eigenvalue weighted by atomic mass is 10.1. The van der Waals surface area contributed by atoms with Crippen molar-refractivity contribution in [3.63, 3.8) is 0 Å². The molecular formula is C15H14N2O. The van der Waals surface area contributed by atoms with Gasteiger partial charge in [-0.25, -0.2) is 0 Å². The molecule has 1 aliphatic heterocycles. The molecule has 3 rings (SSSR count). The van der Waals surface area contributed by atoms with Crippen LogP contribution in [-0.4, -0.2) is 12.5 Å². The van der Waals surface area contributed by atoms with Crippen molar-refractivity contribution in [2.24, 2.45) is 0 Å². The molecule has 0 saturated heterocycles. The predicted molar refractivity (Wildman–Crippen MR) is 73.0 cm³/mol. The van der Waals surface area contributed by atoms with E-state index in [4.69, 9.17) is 0 Å². The third kappa shape index (κ3) is 2.07. The lowest BCUT2D eigenvalue weighted by Gasteiger charge is -2.06. The average molecular weight is 238 g/mol. The molecule has 2 aromatic carbocycles. The highest BCUT2D eigenvalue weighted by molar-refractivity contribution is 6.04. The summed E-state index contributed by atoms with van der Waals surface area (Å²) in [4.78, 5) is 12.1. The standard InChI is InChI=1S/C15H14N2O/c18-15(17-13-4-2-1-3-5-13)12-6-7-14-11(10-12)8-9-16-14/h1-7,10,16H,8-9H2,(H,17,18). The second-order valence-electron chi connectivity index (χ2n) is 4.37. The van der Waals surface area contributed by atoms with E-state index >= 15 is 0 Å². The van der Waals surface area contributed by atoms with Crippen LogP contribution in [0.25, 0.3) is 0 Å². The predicted octanol–water partition coefficient (Wildman–Crippen LogP) is 2.91. The molecule has 0 unspecified atom stereocenters. The fraction of sp³-hybridized carbons (Fsp3) is 0.133. The second kappa shape index (κ2) is 4.53. The summed E-state index contributed by atoms with van der Waals surface area (Å²) in [6, 6.07) is 15.3. The van der Waals surface area contributed by atoms with Crippen LogP contribution in [0.1, 0.15) is 15.9 Å². The number of carbonyl (C=O) groups excluding carboxylic acids is 1. The van der Waals surface area contributed by atoms with Gasteiger partial charge in [0.25, 0.3) is 5.91 Å². The van der Waals surface area contributed by atoms with Crippen LogP contribution >= 0.6 is 0 Å². The first kappa shape index (κ1) is 10.8. The zero-order valence-corrected chi connectivity index (χ0v) is 9.94. The van der Waals surface area contributed by atoms with Crippen LogP contribution in [0, 0.1) is 0 Å². The van der Waals surface area contributed by atoms with Gasteiger partial charge in [-0.15, -0.1) is 0 Å². The molecule has 0 fully saturated rings. The maximum absolute atomic E-state index is 12.1. The van der Waals surface area contributed by atoms with E-state index in [-0.39, 0.29) is 5.91 Å². The SMILES string of the molecule is O=C(Nc1ccccc1)c1ccc2c(c1)CCN2. The number of hydrogen-bond donors (Lipinski definition) is 2. The molecular weight excluding hydrogens is 224 g/mol. The Bertz CT molecular complexity index is 578. The number of benzene rings is 2. The largest absolute Gasteiger partial charge is 0.384 e. The highest BCUT2D eigenvalue weighted by Crippen LogP contribution is 2.23. The first-order valence-corrected chi connectivity index (χ1v) is 6.06. The number of amides is 1. The topological polar surface area (TPSA) is 41.1 Å². The minimum Gasteiger partial charge on any atom is -0.384 e. The Balaban J connectivity index is 1.81. The fourth-order valence-electron chi connectivity index (χ4n) is 2.17. The van der Waals surface area contributed by atoms with Gasteiger partial charge in [-0.2, -0.15) is 0 Å². The number of nitrogens with one attached hydrogen (secondary N) is 2. The van der Waals surface area contributed by atoms with Crippen molar-refractivity contribution in [3.05, 3.63) is 59.7 Å². The molecule has 90 valence electrons. The summed E-state index contributed by atoms with van der Waals surface area (Å²) in [5, 5.41) is 6.17. The molecule has 0 aromatic heterocycles. The molecule has 0 aliphatic carbocycles. The van der Waals surface area contributed by atoms with E-state index in [1.807, 2.05) is 48.5 Å². The van der Waals surface area contributed by atoms with Crippen LogP contribution in [-0.2, 0) is 6.42 Å². The van der Waals surface area contributed by atoms with Gasteiger partial charge in [-0.05, 0) is 42.3 Å². The number of fused-ring (bicyclic) bond motifs is 1. The average Bonchev–Trinajstić information content (AvgIpc) is 2.87. The first-order valence-electron chi connectivity index (χ1n) is 6.06. The van der Waals surface area contributed by atoms with Crippen molar-refractivity contribution in [2.75, 3.05) is 17.2 Å². The third-order valence-electron chi connectivity index (χ3n) is 3.11. The zero-order valence-electron chi connectivity index (χ0n) is 9.94. The maximum atomic E-state index is 12.1. The Morgan fingerprint density at radius 1 is 1.11 bits per heavy atom. The number of hydrogen-bond acceptors (Lipinski definition) is 2. The van der Waals surface area contributed by atoms with Gasteiger partial charge < -0.3 is 10.6 Å². The van der Waals surface area contributed by atoms with Crippen LogP contribution in [0.3, 0.4) is 0 Å². The maximum Gasteiger partial charge on any atom is 0.255 e. The van der Waals surface area contributed by atoms with Gasteiger partial charge in [-0.3, -0.25) is 4.79 Å². The van der Waals surface area contributed by atoms with Crippen LogP contribution in [0.15, 0.2) is 48.5 Å². The first-order chi connectivity index (χ1) is 8.83. The summed E-state index contributed by atoms with van der Waals surface area (Å²) >= 11 is 0.